The second kappa shape index (κ2) is 6.93. The normalized spacial score (nSPS) is 16.1. The standard InChI is InChI=1S/C15H21ClN2O2/c1-2-17(13-6-4-3-5-7-13)14-8-9-15(18(19)20)12(10-14)11-16/h8-10,13H,2-7,11H2,1H3. The molecule has 2 rings (SSSR count). The Kier molecular flexibility index (Phi) is 5.24. The Balaban J connectivity index is 2.27. The Hall–Kier alpha value is -1.29. The molecule has 1 fully saturated rings. The van der Waals surface area contributed by atoms with E-state index in [2.05, 4.69) is 11.8 Å². The molecule has 0 saturated heterocycles. The van der Waals surface area contributed by atoms with Crippen molar-refractivity contribution in [3.63, 3.8) is 0 Å². The van der Waals surface area contributed by atoms with Crippen molar-refractivity contribution in [1.82, 2.24) is 0 Å². The lowest BCUT2D eigenvalue weighted by molar-refractivity contribution is -0.385. The van der Waals surface area contributed by atoms with Crippen molar-refractivity contribution < 1.29 is 4.92 Å². The summed E-state index contributed by atoms with van der Waals surface area (Å²) in [5.74, 6) is 0.173. The molecule has 110 valence electrons. The number of halogens is 1. The number of hydrogen-bond acceptors (Lipinski definition) is 3. The van der Waals surface area contributed by atoms with E-state index in [1.807, 2.05) is 12.1 Å². The van der Waals surface area contributed by atoms with Crippen molar-refractivity contribution in [3.8, 4) is 0 Å². The van der Waals surface area contributed by atoms with Crippen molar-refractivity contribution in [3.05, 3.63) is 33.9 Å². The molecule has 0 unspecified atom stereocenters. The van der Waals surface area contributed by atoms with Gasteiger partial charge in [-0.2, -0.15) is 0 Å². The lowest BCUT2D eigenvalue weighted by atomic mass is 9.93. The monoisotopic (exact) mass is 296 g/mol. The Morgan fingerprint density at radius 3 is 2.60 bits per heavy atom. The molecule has 0 aliphatic heterocycles. The zero-order chi connectivity index (χ0) is 14.5. The van der Waals surface area contributed by atoms with Crippen LogP contribution in [0.25, 0.3) is 0 Å². The van der Waals surface area contributed by atoms with E-state index in [1.165, 1.54) is 32.1 Å². The summed E-state index contributed by atoms with van der Waals surface area (Å²) < 4.78 is 0. The first-order valence-electron chi connectivity index (χ1n) is 7.27. The van der Waals surface area contributed by atoms with Gasteiger partial charge in [-0.15, -0.1) is 11.6 Å². The predicted octanol–water partition coefficient (Wildman–Crippen LogP) is 4.49. The summed E-state index contributed by atoms with van der Waals surface area (Å²) in [6.45, 7) is 3.06. The van der Waals surface area contributed by atoms with Crippen molar-refractivity contribution in [2.24, 2.45) is 0 Å². The molecular weight excluding hydrogens is 276 g/mol. The van der Waals surface area contributed by atoms with Crippen LogP contribution in [0.2, 0.25) is 0 Å². The number of anilines is 1. The predicted molar refractivity (Wildman–Crippen MR) is 82.5 cm³/mol. The molecule has 0 heterocycles. The van der Waals surface area contributed by atoms with E-state index in [0.29, 0.717) is 11.6 Å². The summed E-state index contributed by atoms with van der Waals surface area (Å²) in [6, 6.07) is 5.87. The van der Waals surface area contributed by atoms with Crippen molar-refractivity contribution >= 4 is 23.0 Å². The maximum atomic E-state index is 11.0. The molecule has 1 saturated carbocycles. The van der Waals surface area contributed by atoms with E-state index in [-0.39, 0.29) is 16.5 Å². The molecule has 1 aromatic carbocycles. The number of benzene rings is 1. The molecule has 0 spiro atoms. The zero-order valence-corrected chi connectivity index (χ0v) is 12.6. The van der Waals surface area contributed by atoms with Gasteiger partial charge in [-0.1, -0.05) is 19.3 Å². The van der Waals surface area contributed by atoms with E-state index < -0.39 is 0 Å². The van der Waals surface area contributed by atoms with Gasteiger partial charge in [-0.3, -0.25) is 10.1 Å². The summed E-state index contributed by atoms with van der Waals surface area (Å²) in [4.78, 5) is 13.0. The minimum atomic E-state index is -0.363. The average molecular weight is 297 g/mol. The van der Waals surface area contributed by atoms with Gasteiger partial charge in [0.2, 0.25) is 0 Å². The first-order chi connectivity index (χ1) is 9.67. The maximum Gasteiger partial charge on any atom is 0.273 e. The van der Waals surface area contributed by atoms with E-state index in [0.717, 1.165) is 12.2 Å². The van der Waals surface area contributed by atoms with Crippen molar-refractivity contribution in [2.75, 3.05) is 11.4 Å². The van der Waals surface area contributed by atoms with Gasteiger partial charge in [-0.05, 0) is 31.9 Å². The SMILES string of the molecule is CCN(c1ccc([N+](=O)[O-])c(CCl)c1)C1CCCCC1. The van der Waals surface area contributed by atoms with Gasteiger partial charge < -0.3 is 4.90 Å². The van der Waals surface area contributed by atoms with Gasteiger partial charge in [-0.25, -0.2) is 0 Å². The molecule has 0 N–H and O–H groups in total. The molecule has 1 aromatic rings. The van der Waals surface area contributed by atoms with Crippen LogP contribution in [-0.2, 0) is 5.88 Å². The van der Waals surface area contributed by atoms with Crippen molar-refractivity contribution in [2.45, 2.75) is 50.9 Å². The lowest BCUT2D eigenvalue weighted by Crippen LogP contribution is -2.36. The van der Waals surface area contributed by atoms with Crippen LogP contribution in [0.15, 0.2) is 18.2 Å². The summed E-state index contributed by atoms with van der Waals surface area (Å²) in [5.41, 5.74) is 1.77. The van der Waals surface area contributed by atoms with E-state index >= 15 is 0 Å². The molecule has 4 nitrogen and oxygen atoms in total. The van der Waals surface area contributed by atoms with Crippen LogP contribution in [0.4, 0.5) is 11.4 Å². The summed E-state index contributed by atoms with van der Waals surface area (Å²) in [6.07, 6.45) is 6.29. The lowest BCUT2D eigenvalue weighted by Gasteiger charge is -2.35. The highest BCUT2D eigenvalue weighted by Crippen LogP contribution is 2.31. The minimum Gasteiger partial charge on any atom is -0.369 e. The highest BCUT2D eigenvalue weighted by molar-refractivity contribution is 6.17. The Morgan fingerprint density at radius 1 is 1.35 bits per heavy atom. The van der Waals surface area contributed by atoms with Crippen LogP contribution in [0.3, 0.4) is 0 Å². The van der Waals surface area contributed by atoms with E-state index in [9.17, 15) is 10.1 Å². The minimum absolute atomic E-state index is 0.114. The van der Waals surface area contributed by atoms with Crippen LogP contribution in [0.1, 0.15) is 44.6 Å². The summed E-state index contributed by atoms with van der Waals surface area (Å²) in [5, 5.41) is 11.0. The highest BCUT2D eigenvalue weighted by atomic mass is 35.5. The van der Waals surface area contributed by atoms with Crippen LogP contribution in [-0.4, -0.2) is 17.5 Å². The smallest absolute Gasteiger partial charge is 0.273 e. The van der Waals surface area contributed by atoms with Crippen molar-refractivity contribution in [1.29, 1.82) is 0 Å². The fourth-order valence-electron chi connectivity index (χ4n) is 3.08. The molecule has 0 radical (unpaired) electrons. The molecule has 0 atom stereocenters. The number of nitro benzene ring substituents is 1. The number of nitrogens with zero attached hydrogens (tertiary/aromatic N) is 2. The Labute approximate surface area is 124 Å². The molecule has 20 heavy (non-hydrogen) atoms. The third-order valence-corrected chi connectivity index (χ3v) is 4.38. The molecule has 1 aliphatic rings. The maximum absolute atomic E-state index is 11.0. The van der Waals surface area contributed by atoms with Gasteiger partial charge in [0.05, 0.1) is 10.8 Å². The average Bonchev–Trinajstić information content (AvgIpc) is 2.48. The largest absolute Gasteiger partial charge is 0.369 e. The molecule has 1 aliphatic carbocycles. The third kappa shape index (κ3) is 3.23. The van der Waals surface area contributed by atoms with Crippen LogP contribution >= 0.6 is 11.6 Å². The fourth-order valence-corrected chi connectivity index (χ4v) is 3.29. The number of nitro groups is 1. The number of rotatable bonds is 5. The molecule has 0 bridgehead atoms. The molecule has 0 amide bonds. The van der Waals surface area contributed by atoms with Gasteiger partial charge in [0.25, 0.3) is 5.69 Å². The van der Waals surface area contributed by atoms with Crippen LogP contribution < -0.4 is 4.90 Å². The molecule has 0 aromatic heterocycles. The topological polar surface area (TPSA) is 46.4 Å². The first kappa shape index (κ1) is 15.1. The Morgan fingerprint density at radius 2 is 2.05 bits per heavy atom. The fraction of sp³-hybridized carbons (Fsp3) is 0.600. The third-order valence-electron chi connectivity index (χ3n) is 4.09. The quantitative estimate of drug-likeness (QED) is 0.457. The van der Waals surface area contributed by atoms with Gasteiger partial charge >= 0.3 is 0 Å². The second-order valence-corrected chi connectivity index (χ2v) is 5.55. The number of hydrogen-bond donors (Lipinski definition) is 0. The number of alkyl halides is 1. The summed E-state index contributed by atoms with van der Waals surface area (Å²) >= 11 is 5.86. The molecular formula is C15H21ClN2O2. The Bertz CT molecular complexity index is 473. The van der Waals surface area contributed by atoms with Crippen LogP contribution in [0, 0.1) is 10.1 Å². The first-order valence-corrected chi connectivity index (χ1v) is 7.80. The van der Waals surface area contributed by atoms with E-state index in [1.54, 1.807) is 6.07 Å². The highest BCUT2D eigenvalue weighted by Gasteiger charge is 2.22. The zero-order valence-electron chi connectivity index (χ0n) is 11.8. The molecule has 5 heteroatoms. The van der Waals surface area contributed by atoms with Gasteiger partial charge in [0.15, 0.2) is 0 Å². The second-order valence-electron chi connectivity index (χ2n) is 5.28. The summed E-state index contributed by atoms with van der Waals surface area (Å²) in [7, 11) is 0. The van der Waals surface area contributed by atoms with Gasteiger partial charge in [0.1, 0.15) is 0 Å². The van der Waals surface area contributed by atoms with E-state index in [4.69, 9.17) is 11.6 Å². The van der Waals surface area contributed by atoms with Crippen LogP contribution in [0.5, 0.6) is 0 Å². The van der Waals surface area contributed by atoms with Gasteiger partial charge in [0, 0.05) is 29.9 Å².